The van der Waals surface area contributed by atoms with Crippen molar-refractivity contribution in [1.82, 2.24) is 24.3 Å². The molecule has 15 nitrogen and oxygen atoms in total. The van der Waals surface area contributed by atoms with Crippen LogP contribution in [0.5, 0.6) is 5.75 Å². The molecule has 0 saturated carbocycles. The number of piperidine rings is 1. The van der Waals surface area contributed by atoms with Gasteiger partial charge in [0.15, 0.2) is 0 Å². The van der Waals surface area contributed by atoms with Gasteiger partial charge >= 0.3 is 0 Å². The third-order valence-electron chi connectivity index (χ3n) is 13.7. The number of nitrogens with zero attached hydrogens (tertiary/aromatic N) is 4. The van der Waals surface area contributed by atoms with Crippen LogP contribution in [0.25, 0.3) is 11.1 Å². The molecule has 342 valence electrons. The van der Waals surface area contributed by atoms with Gasteiger partial charge in [0.1, 0.15) is 11.8 Å². The van der Waals surface area contributed by atoms with E-state index in [2.05, 4.69) is 25.8 Å². The molecular weight excluding hydrogens is 847 g/mol. The Morgan fingerprint density at radius 2 is 1.60 bits per heavy atom. The summed E-state index contributed by atoms with van der Waals surface area (Å²) in [5.74, 6) is -0.434. The third kappa shape index (κ3) is 9.41. The van der Waals surface area contributed by atoms with Gasteiger partial charge in [0.25, 0.3) is 5.91 Å². The number of ether oxygens (including phenoxy) is 1. The second-order valence-electron chi connectivity index (χ2n) is 17.9. The van der Waals surface area contributed by atoms with Gasteiger partial charge in [-0.05, 0) is 104 Å². The standard InChI is InChI=1S/C49H57N7O8S/c1-32-11-14-36(15-12-32)65(62,63)56-22-19-38-42(31-57)51-41-16-13-34(29-39(41)47(38)56)33-6-2-7-35(28-33)50-45(58)10-4-20-53-23-25-54(26-24-53)21-5-27-64-44-9-3-8-37-40(44)30-55(49(37)61)43-17-18-46(59)52-48(43)60/h2-3,6-9,11-16,28-29,38,42-43,47,51,57H,4-5,10,17-27,30-31H2,1H3,(H,50,58)(H,52,59,60)/t38-,42+,43?,47-/m1/s1. The molecule has 5 aliphatic heterocycles. The summed E-state index contributed by atoms with van der Waals surface area (Å²) in [7, 11) is -3.79. The van der Waals surface area contributed by atoms with Gasteiger partial charge in [0.2, 0.25) is 27.7 Å². The van der Waals surface area contributed by atoms with Crippen molar-refractivity contribution < 1.29 is 37.4 Å². The number of aliphatic hydroxyl groups excluding tert-OH is 1. The highest BCUT2D eigenvalue weighted by molar-refractivity contribution is 7.89. The minimum atomic E-state index is -3.79. The minimum Gasteiger partial charge on any atom is -0.493 e. The number of hydrogen-bond donors (Lipinski definition) is 4. The van der Waals surface area contributed by atoms with Gasteiger partial charge in [-0.15, -0.1) is 0 Å². The lowest BCUT2D eigenvalue weighted by Crippen LogP contribution is -2.52. The number of nitrogens with one attached hydrogen (secondary N) is 3. The molecule has 4 amide bonds. The van der Waals surface area contributed by atoms with Gasteiger partial charge < -0.3 is 35.2 Å². The van der Waals surface area contributed by atoms with Crippen LogP contribution < -0.4 is 20.7 Å². The van der Waals surface area contributed by atoms with Crippen LogP contribution in [-0.2, 0) is 31.0 Å². The van der Waals surface area contributed by atoms with Crippen molar-refractivity contribution in [3.63, 3.8) is 0 Å². The first-order valence-electron chi connectivity index (χ1n) is 22.8. The van der Waals surface area contributed by atoms with Crippen LogP contribution in [0.1, 0.15) is 71.6 Å². The topological polar surface area (TPSA) is 181 Å². The van der Waals surface area contributed by atoms with E-state index in [9.17, 15) is 32.7 Å². The molecule has 4 atom stereocenters. The molecule has 4 N–H and O–H groups in total. The van der Waals surface area contributed by atoms with E-state index < -0.39 is 28.0 Å². The number of sulfonamides is 1. The van der Waals surface area contributed by atoms with E-state index in [1.54, 1.807) is 33.5 Å². The van der Waals surface area contributed by atoms with Gasteiger partial charge in [-0.2, -0.15) is 4.31 Å². The molecule has 5 aliphatic rings. The molecule has 0 bridgehead atoms. The van der Waals surface area contributed by atoms with E-state index in [0.29, 0.717) is 49.4 Å². The van der Waals surface area contributed by atoms with Crippen molar-refractivity contribution in [3.05, 3.63) is 107 Å². The summed E-state index contributed by atoms with van der Waals surface area (Å²) in [6.07, 6.45) is 3.12. The van der Waals surface area contributed by atoms with Crippen LogP contribution in [0.4, 0.5) is 11.4 Å². The number of rotatable bonds is 15. The van der Waals surface area contributed by atoms with Crippen molar-refractivity contribution in [2.75, 3.05) is 69.7 Å². The summed E-state index contributed by atoms with van der Waals surface area (Å²) in [4.78, 5) is 57.0. The third-order valence-corrected chi connectivity index (χ3v) is 15.6. The zero-order valence-electron chi connectivity index (χ0n) is 36.7. The molecule has 4 aromatic rings. The summed E-state index contributed by atoms with van der Waals surface area (Å²) >= 11 is 0. The van der Waals surface area contributed by atoms with Crippen molar-refractivity contribution in [3.8, 4) is 16.9 Å². The molecule has 1 unspecified atom stereocenters. The second-order valence-corrected chi connectivity index (χ2v) is 19.8. The molecule has 3 fully saturated rings. The first-order chi connectivity index (χ1) is 31.5. The van der Waals surface area contributed by atoms with Crippen molar-refractivity contribution >= 4 is 45.0 Å². The summed E-state index contributed by atoms with van der Waals surface area (Å²) in [6.45, 7) is 8.39. The van der Waals surface area contributed by atoms with Crippen LogP contribution in [0, 0.1) is 12.8 Å². The second kappa shape index (κ2) is 19.1. The van der Waals surface area contributed by atoms with E-state index in [0.717, 1.165) is 85.6 Å². The van der Waals surface area contributed by atoms with Gasteiger partial charge in [-0.1, -0.05) is 42.0 Å². The number of aryl methyl sites for hydroxylation is 1. The summed E-state index contributed by atoms with van der Waals surface area (Å²) in [5, 5.41) is 19.2. The molecule has 0 radical (unpaired) electrons. The lowest BCUT2D eigenvalue weighted by Gasteiger charge is -2.39. The molecular formula is C49H57N7O8S. The number of carbonyl (C=O) groups is 4. The fourth-order valence-electron chi connectivity index (χ4n) is 10.2. The van der Waals surface area contributed by atoms with Crippen LogP contribution in [-0.4, -0.2) is 127 Å². The maximum atomic E-state index is 14.0. The van der Waals surface area contributed by atoms with Crippen molar-refractivity contribution in [1.29, 1.82) is 0 Å². The average Bonchev–Trinajstić information content (AvgIpc) is 3.91. The van der Waals surface area contributed by atoms with Gasteiger partial charge in [-0.25, -0.2) is 8.42 Å². The number of aliphatic hydroxyl groups is 1. The Morgan fingerprint density at radius 1 is 0.862 bits per heavy atom. The molecule has 16 heteroatoms. The lowest BCUT2D eigenvalue weighted by atomic mass is 9.82. The quantitative estimate of drug-likeness (QED) is 0.0954. The summed E-state index contributed by atoms with van der Waals surface area (Å²) in [5.41, 5.74) is 6.51. The fraction of sp³-hybridized carbons (Fsp3) is 0.429. The monoisotopic (exact) mass is 903 g/mol. The summed E-state index contributed by atoms with van der Waals surface area (Å²) < 4.78 is 35.8. The molecule has 0 spiro atoms. The molecule has 0 aromatic heterocycles. The average molecular weight is 904 g/mol. The molecule has 5 heterocycles. The Morgan fingerprint density at radius 3 is 2.35 bits per heavy atom. The minimum absolute atomic E-state index is 0.0478. The zero-order valence-corrected chi connectivity index (χ0v) is 37.5. The highest BCUT2D eigenvalue weighted by Crippen LogP contribution is 2.49. The van der Waals surface area contributed by atoms with E-state index in [1.165, 1.54) is 0 Å². The van der Waals surface area contributed by atoms with E-state index in [-0.39, 0.29) is 54.1 Å². The van der Waals surface area contributed by atoms with E-state index in [1.807, 2.05) is 67.6 Å². The number of piperazine rings is 1. The van der Waals surface area contributed by atoms with Gasteiger partial charge in [-0.3, -0.25) is 24.5 Å². The van der Waals surface area contributed by atoms with Gasteiger partial charge in [0, 0.05) is 80.5 Å². The lowest BCUT2D eigenvalue weighted by molar-refractivity contribution is -0.137. The van der Waals surface area contributed by atoms with Crippen molar-refractivity contribution in [2.24, 2.45) is 5.92 Å². The first kappa shape index (κ1) is 44.5. The van der Waals surface area contributed by atoms with E-state index >= 15 is 0 Å². The number of amides is 4. The Bertz CT molecular complexity index is 2560. The first-order valence-corrected chi connectivity index (χ1v) is 24.2. The predicted molar refractivity (Wildman–Crippen MR) is 246 cm³/mol. The molecule has 4 aromatic carbocycles. The zero-order chi connectivity index (χ0) is 45.2. The Balaban J connectivity index is 0.727. The van der Waals surface area contributed by atoms with Crippen LogP contribution in [0.2, 0.25) is 0 Å². The number of anilines is 2. The van der Waals surface area contributed by atoms with Crippen molar-refractivity contribution in [2.45, 2.75) is 75.0 Å². The molecule has 3 saturated heterocycles. The van der Waals surface area contributed by atoms with Crippen LogP contribution in [0.3, 0.4) is 0 Å². The Kier molecular flexibility index (Phi) is 13.1. The number of carbonyl (C=O) groups excluding carboxylic acids is 4. The Hall–Kier alpha value is -5.65. The number of hydrogen-bond acceptors (Lipinski definition) is 11. The number of benzene rings is 4. The Labute approximate surface area is 380 Å². The maximum Gasteiger partial charge on any atom is 0.255 e. The predicted octanol–water partition coefficient (Wildman–Crippen LogP) is 4.77. The normalized spacial score (nSPS) is 22.5. The van der Waals surface area contributed by atoms with Gasteiger partial charge in [0.05, 0.1) is 36.7 Å². The van der Waals surface area contributed by atoms with E-state index in [4.69, 9.17) is 4.74 Å². The largest absolute Gasteiger partial charge is 0.493 e. The van der Waals surface area contributed by atoms with Crippen LogP contribution >= 0.6 is 0 Å². The number of fused-ring (bicyclic) bond motifs is 4. The highest BCUT2D eigenvalue weighted by Gasteiger charge is 2.48. The molecule has 0 aliphatic carbocycles. The number of imide groups is 1. The smallest absolute Gasteiger partial charge is 0.255 e. The SMILES string of the molecule is Cc1ccc(S(=O)(=O)N2CC[C@@H]3[C@H](CO)Nc4ccc(-c5cccc(NC(=O)CCCN6CCN(CCCOc7cccc8c7CN(C7CCC(=O)NC7=O)C8=O)CC6)c5)cc4[C@@H]32)cc1. The maximum absolute atomic E-state index is 14.0. The summed E-state index contributed by atoms with van der Waals surface area (Å²) in [6, 6.07) is 24.8. The molecule has 9 rings (SSSR count). The fourth-order valence-corrected chi connectivity index (χ4v) is 11.8. The highest BCUT2D eigenvalue weighted by atomic mass is 32.2. The molecule has 65 heavy (non-hydrogen) atoms. The van der Waals surface area contributed by atoms with Crippen LogP contribution in [0.15, 0.2) is 89.8 Å².